The van der Waals surface area contributed by atoms with Gasteiger partial charge in [-0.1, -0.05) is 30.1 Å². The van der Waals surface area contributed by atoms with Crippen LogP contribution in [0.15, 0.2) is 30.5 Å². The zero-order valence-corrected chi connectivity index (χ0v) is 19.6. The number of halogens is 2. The first-order chi connectivity index (χ1) is 15.0. The number of anilines is 1. The number of nitrogens with zero attached hydrogens (tertiary/aromatic N) is 3. The Kier molecular flexibility index (Phi) is 6.85. The highest BCUT2D eigenvalue weighted by Gasteiger charge is 2.21. The normalized spacial score (nSPS) is 14.7. The van der Waals surface area contributed by atoms with Crippen LogP contribution in [-0.2, 0) is 11.2 Å². The van der Waals surface area contributed by atoms with Gasteiger partial charge in [0.2, 0.25) is 0 Å². The summed E-state index contributed by atoms with van der Waals surface area (Å²) < 4.78 is 10.9. The molecule has 0 amide bonds. The molecule has 1 aliphatic heterocycles. The first-order valence-electron chi connectivity index (χ1n) is 10.6. The van der Waals surface area contributed by atoms with Gasteiger partial charge < -0.3 is 14.4 Å². The summed E-state index contributed by atoms with van der Waals surface area (Å²) in [6.07, 6.45) is 4.91. The van der Waals surface area contributed by atoms with Crippen molar-refractivity contribution in [2.24, 2.45) is 5.92 Å². The van der Waals surface area contributed by atoms with Gasteiger partial charge in [0.1, 0.15) is 11.6 Å². The molecule has 4 rings (SSSR count). The van der Waals surface area contributed by atoms with E-state index in [-0.39, 0.29) is 0 Å². The van der Waals surface area contributed by atoms with Gasteiger partial charge in [0.15, 0.2) is 0 Å². The van der Waals surface area contributed by atoms with Crippen LogP contribution in [0.4, 0.5) is 5.82 Å². The largest absolute Gasteiger partial charge is 0.495 e. The predicted molar refractivity (Wildman–Crippen MR) is 128 cm³/mol. The van der Waals surface area contributed by atoms with Crippen LogP contribution in [0.5, 0.6) is 5.75 Å². The average molecular weight is 460 g/mol. The van der Waals surface area contributed by atoms with Gasteiger partial charge in [-0.05, 0) is 49.4 Å². The van der Waals surface area contributed by atoms with Gasteiger partial charge in [-0.25, -0.2) is 4.98 Å². The second-order valence-corrected chi connectivity index (χ2v) is 8.74. The van der Waals surface area contributed by atoms with E-state index in [1.807, 2.05) is 12.3 Å². The summed E-state index contributed by atoms with van der Waals surface area (Å²) in [7, 11) is 3.69. The number of rotatable bonds is 6. The van der Waals surface area contributed by atoms with Crippen molar-refractivity contribution < 1.29 is 9.47 Å². The molecule has 0 spiro atoms. The quantitative estimate of drug-likeness (QED) is 0.449. The van der Waals surface area contributed by atoms with Crippen LogP contribution < -0.4 is 9.64 Å². The van der Waals surface area contributed by atoms with Gasteiger partial charge in [-0.2, -0.15) is 0 Å². The Morgan fingerprint density at radius 2 is 1.97 bits per heavy atom. The fraction of sp³-hybridized carbons (Fsp3) is 0.417. The molecule has 164 valence electrons. The number of benzene rings is 1. The molecule has 1 aliphatic rings. The third kappa shape index (κ3) is 4.59. The van der Waals surface area contributed by atoms with Gasteiger partial charge in [-0.3, -0.25) is 4.98 Å². The number of aryl methyl sites for hydroxylation is 1. The number of fused-ring (bicyclic) bond motifs is 1. The maximum atomic E-state index is 6.64. The number of hydrogen-bond donors (Lipinski definition) is 0. The Balaban J connectivity index is 1.85. The molecule has 3 aromatic rings. The van der Waals surface area contributed by atoms with Crippen molar-refractivity contribution in [1.29, 1.82) is 0 Å². The van der Waals surface area contributed by atoms with Crippen molar-refractivity contribution in [3.8, 4) is 17.0 Å². The van der Waals surface area contributed by atoms with Crippen LogP contribution in [0.1, 0.15) is 25.5 Å². The van der Waals surface area contributed by atoms with Crippen LogP contribution in [0.25, 0.3) is 22.0 Å². The minimum atomic E-state index is 0.456. The maximum Gasteiger partial charge on any atom is 0.138 e. The summed E-state index contributed by atoms with van der Waals surface area (Å²) in [6, 6.07) is 7.69. The molecule has 0 aliphatic carbocycles. The summed E-state index contributed by atoms with van der Waals surface area (Å²) >= 11 is 13.2. The number of ether oxygens (including phenoxy) is 2. The lowest BCUT2D eigenvalue weighted by atomic mass is 9.99. The van der Waals surface area contributed by atoms with Crippen LogP contribution in [0.2, 0.25) is 10.0 Å². The number of aromatic nitrogens is 2. The fourth-order valence-corrected chi connectivity index (χ4v) is 4.75. The molecule has 0 saturated carbocycles. The lowest BCUT2D eigenvalue weighted by molar-refractivity contribution is 0.0685. The summed E-state index contributed by atoms with van der Waals surface area (Å²) in [5.41, 5.74) is 2.42. The molecule has 1 saturated heterocycles. The Morgan fingerprint density at radius 1 is 1.19 bits per heavy atom. The molecule has 1 fully saturated rings. The van der Waals surface area contributed by atoms with E-state index in [1.54, 1.807) is 19.2 Å². The smallest absolute Gasteiger partial charge is 0.138 e. The average Bonchev–Trinajstić information content (AvgIpc) is 2.79. The fourth-order valence-electron chi connectivity index (χ4n) is 4.11. The van der Waals surface area contributed by atoms with E-state index >= 15 is 0 Å². The van der Waals surface area contributed by atoms with Gasteiger partial charge in [0, 0.05) is 55.0 Å². The second kappa shape index (κ2) is 9.60. The van der Waals surface area contributed by atoms with E-state index in [0.29, 0.717) is 33.0 Å². The minimum Gasteiger partial charge on any atom is -0.495 e. The molecule has 0 unspecified atom stereocenters. The van der Waals surface area contributed by atoms with Crippen molar-refractivity contribution in [1.82, 2.24) is 9.97 Å². The zero-order valence-electron chi connectivity index (χ0n) is 18.1. The molecule has 7 heteroatoms. The van der Waals surface area contributed by atoms with Crippen molar-refractivity contribution in [3.63, 3.8) is 0 Å². The number of hydrogen-bond acceptors (Lipinski definition) is 5. The topological polar surface area (TPSA) is 47.5 Å². The van der Waals surface area contributed by atoms with Gasteiger partial charge in [-0.15, -0.1) is 0 Å². The summed E-state index contributed by atoms with van der Waals surface area (Å²) in [4.78, 5) is 11.9. The predicted octanol–water partition coefficient (Wildman–Crippen LogP) is 6.04. The maximum absolute atomic E-state index is 6.64. The summed E-state index contributed by atoms with van der Waals surface area (Å²) in [6.45, 7) is 4.67. The Bertz CT molecular complexity index is 1080. The molecule has 0 radical (unpaired) electrons. The third-order valence-corrected chi connectivity index (χ3v) is 6.57. The molecule has 1 aromatic carbocycles. The van der Waals surface area contributed by atoms with Crippen LogP contribution in [0.3, 0.4) is 0 Å². The molecule has 0 bridgehead atoms. The van der Waals surface area contributed by atoms with Crippen LogP contribution >= 0.6 is 23.2 Å². The minimum absolute atomic E-state index is 0.456. The Hall–Kier alpha value is -2.08. The van der Waals surface area contributed by atoms with Crippen LogP contribution in [0, 0.1) is 5.92 Å². The van der Waals surface area contributed by atoms with Gasteiger partial charge >= 0.3 is 0 Å². The third-order valence-electron chi connectivity index (χ3n) is 5.88. The molecular weight excluding hydrogens is 433 g/mol. The van der Waals surface area contributed by atoms with Crippen molar-refractivity contribution >= 4 is 39.8 Å². The molecule has 2 aromatic heterocycles. The first kappa shape index (κ1) is 22.1. The van der Waals surface area contributed by atoms with Gasteiger partial charge in [0.05, 0.1) is 22.8 Å². The van der Waals surface area contributed by atoms with E-state index in [2.05, 4.69) is 29.9 Å². The van der Waals surface area contributed by atoms with Crippen molar-refractivity contribution in [2.75, 3.05) is 38.8 Å². The molecular formula is C24H27Cl2N3O2. The summed E-state index contributed by atoms with van der Waals surface area (Å²) in [5, 5.41) is 3.08. The highest BCUT2D eigenvalue weighted by molar-refractivity contribution is 6.40. The van der Waals surface area contributed by atoms with E-state index in [0.717, 1.165) is 61.3 Å². The van der Waals surface area contributed by atoms with E-state index in [9.17, 15) is 0 Å². The lowest BCUT2D eigenvalue weighted by Gasteiger charge is -2.29. The van der Waals surface area contributed by atoms with E-state index < -0.39 is 0 Å². The van der Waals surface area contributed by atoms with Crippen molar-refractivity contribution in [2.45, 2.75) is 26.2 Å². The molecule has 31 heavy (non-hydrogen) atoms. The first-order valence-corrected chi connectivity index (χ1v) is 11.4. The lowest BCUT2D eigenvalue weighted by Crippen LogP contribution is -2.30. The monoisotopic (exact) mass is 459 g/mol. The number of methoxy groups -OCH3 is 1. The Labute approximate surface area is 193 Å². The standard InChI is InChI=1S/C24H27Cl2N3O2/c1-4-17-12-18-16(13-27-17)11-20(22-19(25)5-6-21(30-3)23(22)26)28-24(18)29(2)14-15-7-9-31-10-8-15/h5-6,11-13,15H,4,7-10,14H2,1-3H3. The van der Waals surface area contributed by atoms with Crippen LogP contribution in [-0.4, -0.2) is 43.9 Å². The van der Waals surface area contributed by atoms with E-state index in [4.69, 9.17) is 37.7 Å². The highest BCUT2D eigenvalue weighted by Crippen LogP contribution is 2.41. The SMILES string of the molecule is CCc1cc2c(N(C)CC3CCOCC3)nc(-c3c(Cl)ccc(OC)c3Cl)cc2cn1. The van der Waals surface area contributed by atoms with E-state index in [1.165, 1.54) is 0 Å². The molecule has 3 heterocycles. The van der Waals surface area contributed by atoms with Crippen molar-refractivity contribution in [3.05, 3.63) is 46.2 Å². The Morgan fingerprint density at radius 3 is 2.68 bits per heavy atom. The molecule has 5 nitrogen and oxygen atoms in total. The summed E-state index contributed by atoms with van der Waals surface area (Å²) in [5.74, 6) is 2.06. The van der Waals surface area contributed by atoms with Gasteiger partial charge in [0.25, 0.3) is 0 Å². The highest BCUT2D eigenvalue weighted by atomic mass is 35.5. The molecule has 0 N–H and O–H groups in total. The number of pyridine rings is 2. The zero-order chi connectivity index (χ0) is 22.0. The molecule has 0 atom stereocenters. The second-order valence-electron chi connectivity index (χ2n) is 7.96.